The molecule has 0 unspecified atom stereocenters. The van der Waals surface area contributed by atoms with Crippen LogP contribution in [-0.4, -0.2) is 43.5 Å². The topological polar surface area (TPSA) is 83.2 Å². The third kappa shape index (κ3) is 4.14. The molecule has 142 valence electrons. The lowest BCUT2D eigenvalue weighted by atomic mass is 10.1. The van der Waals surface area contributed by atoms with E-state index in [0.717, 1.165) is 16.8 Å². The molecule has 0 spiro atoms. The van der Waals surface area contributed by atoms with E-state index in [9.17, 15) is 15.3 Å². The van der Waals surface area contributed by atoms with Gasteiger partial charge in [0, 0.05) is 31.9 Å². The van der Waals surface area contributed by atoms with Crippen LogP contribution in [-0.2, 0) is 4.79 Å². The lowest BCUT2D eigenvalue weighted by molar-refractivity contribution is -0.117. The molecule has 6 nitrogen and oxygen atoms in total. The number of hydrogen-bond acceptors (Lipinski definition) is 5. The van der Waals surface area contributed by atoms with Gasteiger partial charge in [-0.05, 0) is 43.2 Å². The van der Waals surface area contributed by atoms with Gasteiger partial charge in [-0.1, -0.05) is 18.2 Å². The smallest absolute Gasteiger partial charge is 0.238 e. The maximum atomic E-state index is 12.4. The lowest BCUT2D eigenvalue weighted by Gasteiger charge is -2.36. The highest BCUT2D eigenvalue weighted by atomic mass is 16.2. The van der Waals surface area contributed by atoms with Gasteiger partial charge in [0.25, 0.3) is 0 Å². The first-order valence-electron chi connectivity index (χ1n) is 9.30. The number of amides is 1. The molecule has 1 aliphatic heterocycles. The fourth-order valence-corrected chi connectivity index (χ4v) is 3.47. The first-order chi connectivity index (χ1) is 13.5. The number of piperazine rings is 1. The molecule has 1 heterocycles. The fraction of sp³-hybridized carbons (Fsp3) is 0.318. The number of carbonyl (C=O) groups is 1. The Bertz CT molecular complexity index is 930. The van der Waals surface area contributed by atoms with Crippen LogP contribution >= 0.6 is 0 Å². The fourth-order valence-electron chi connectivity index (χ4n) is 3.47. The van der Waals surface area contributed by atoms with Crippen LogP contribution in [0.15, 0.2) is 36.4 Å². The van der Waals surface area contributed by atoms with Gasteiger partial charge in [0.15, 0.2) is 0 Å². The van der Waals surface area contributed by atoms with Crippen molar-refractivity contribution in [1.82, 2.24) is 4.90 Å². The Balaban J connectivity index is 1.61. The molecule has 1 N–H and O–H groups in total. The molecule has 3 rings (SSSR count). The summed E-state index contributed by atoms with van der Waals surface area (Å²) < 4.78 is 0. The second-order valence-electron chi connectivity index (χ2n) is 6.98. The van der Waals surface area contributed by atoms with Crippen LogP contribution in [0, 0.1) is 36.5 Å². The molecular formula is C22H23N5O. The summed E-state index contributed by atoms with van der Waals surface area (Å²) in [6.07, 6.45) is 0. The molecule has 6 heteroatoms. The van der Waals surface area contributed by atoms with E-state index in [1.165, 1.54) is 0 Å². The summed E-state index contributed by atoms with van der Waals surface area (Å²) in [6, 6.07) is 15.4. The molecule has 1 fully saturated rings. The van der Waals surface area contributed by atoms with Crippen molar-refractivity contribution in [3.05, 3.63) is 58.7 Å². The van der Waals surface area contributed by atoms with Crippen LogP contribution in [0.25, 0.3) is 0 Å². The van der Waals surface area contributed by atoms with E-state index in [-0.39, 0.29) is 5.91 Å². The molecular weight excluding hydrogens is 350 g/mol. The minimum absolute atomic E-state index is 0.0303. The van der Waals surface area contributed by atoms with Crippen molar-refractivity contribution in [2.45, 2.75) is 13.8 Å². The van der Waals surface area contributed by atoms with Gasteiger partial charge in [-0.25, -0.2) is 0 Å². The van der Waals surface area contributed by atoms with Crippen molar-refractivity contribution < 1.29 is 4.79 Å². The molecule has 0 bridgehead atoms. The van der Waals surface area contributed by atoms with E-state index in [4.69, 9.17) is 0 Å². The predicted molar refractivity (Wildman–Crippen MR) is 109 cm³/mol. The van der Waals surface area contributed by atoms with Gasteiger partial charge in [0.1, 0.15) is 12.1 Å². The summed E-state index contributed by atoms with van der Waals surface area (Å²) >= 11 is 0. The van der Waals surface area contributed by atoms with Gasteiger partial charge >= 0.3 is 0 Å². The Morgan fingerprint density at radius 2 is 1.61 bits per heavy atom. The molecule has 1 aliphatic rings. The van der Waals surface area contributed by atoms with Crippen LogP contribution in [0.4, 0.5) is 11.4 Å². The number of nitriles is 2. The van der Waals surface area contributed by atoms with Crippen molar-refractivity contribution in [3.8, 4) is 12.1 Å². The molecule has 0 aliphatic carbocycles. The molecule has 2 aromatic carbocycles. The monoisotopic (exact) mass is 373 g/mol. The van der Waals surface area contributed by atoms with E-state index >= 15 is 0 Å². The minimum atomic E-state index is -0.0303. The van der Waals surface area contributed by atoms with Gasteiger partial charge in [0.2, 0.25) is 5.91 Å². The number of aryl methyl sites for hydroxylation is 1. The highest BCUT2D eigenvalue weighted by molar-refractivity contribution is 5.93. The van der Waals surface area contributed by atoms with Crippen molar-refractivity contribution in [1.29, 1.82) is 10.5 Å². The number of rotatable bonds is 4. The first kappa shape index (κ1) is 19.4. The van der Waals surface area contributed by atoms with Gasteiger partial charge in [-0.2, -0.15) is 10.5 Å². The summed E-state index contributed by atoms with van der Waals surface area (Å²) in [6.45, 7) is 7.10. The molecule has 1 saturated heterocycles. The quantitative estimate of drug-likeness (QED) is 0.891. The van der Waals surface area contributed by atoms with Gasteiger partial charge < -0.3 is 10.2 Å². The van der Waals surface area contributed by atoms with Gasteiger partial charge in [0.05, 0.1) is 23.4 Å². The Labute approximate surface area is 165 Å². The number of anilines is 2. The Morgan fingerprint density at radius 3 is 2.21 bits per heavy atom. The van der Waals surface area contributed by atoms with Crippen molar-refractivity contribution >= 4 is 17.3 Å². The molecule has 0 radical (unpaired) electrons. The molecule has 1 amide bonds. The number of nitrogens with one attached hydrogen (secondary N) is 1. The molecule has 0 atom stereocenters. The van der Waals surface area contributed by atoms with Crippen molar-refractivity contribution in [3.63, 3.8) is 0 Å². The maximum absolute atomic E-state index is 12.4. The van der Waals surface area contributed by atoms with Crippen molar-refractivity contribution in [2.24, 2.45) is 0 Å². The summed E-state index contributed by atoms with van der Waals surface area (Å²) in [7, 11) is 0. The van der Waals surface area contributed by atoms with Gasteiger partial charge in [-0.3, -0.25) is 9.69 Å². The van der Waals surface area contributed by atoms with E-state index in [1.54, 1.807) is 18.2 Å². The third-order valence-corrected chi connectivity index (χ3v) is 5.21. The van der Waals surface area contributed by atoms with E-state index in [0.29, 0.717) is 49.5 Å². The number of para-hydroxylation sites is 1. The van der Waals surface area contributed by atoms with E-state index < -0.39 is 0 Å². The molecule has 0 saturated carbocycles. The van der Waals surface area contributed by atoms with Crippen LogP contribution in [0.2, 0.25) is 0 Å². The van der Waals surface area contributed by atoms with Crippen LogP contribution in [0.5, 0.6) is 0 Å². The van der Waals surface area contributed by atoms with E-state index in [1.807, 2.05) is 32.0 Å². The van der Waals surface area contributed by atoms with Crippen LogP contribution < -0.4 is 10.2 Å². The Kier molecular flexibility index (Phi) is 5.93. The average molecular weight is 373 g/mol. The second kappa shape index (κ2) is 8.56. The highest BCUT2D eigenvalue weighted by Crippen LogP contribution is 2.26. The Morgan fingerprint density at radius 1 is 1.00 bits per heavy atom. The van der Waals surface area contributed by atoms with Crippen molar-refractivity contribution in [2.75, 3.05) is 42.9 Å². The highest BCUT2D eigenvalue weighted by Gasteiger charge is 2.23. The zero-order valence-corrected chi connectivity index (χ0v) is 16.2. The zero-order chi connectivity index (χ0) is 20.1. The average Bonchev–Trinajstić information content (AvgIpc) is 2.71. The SMILES string of the molecule is Cc1cccc(NC(=O)CN2CCN(c3c(C#N)cccc3C#N)CC2)c1C. The summed E-state index contributed by atoms with van der Waals surface area (Å²) in [5, 5.41) is 21.7. The summed E-state index contributed by atoms with van der Waals surface area (Å²) in [5.41, 5.74) is 4.81. The van der Waals surface area contributed by atoms with Crippen LogP contribution in [0.3, 0.4) is 0 Å². The second-order valence-corrected chi connectivity index (χ2v) is 6.98. The first-order valence-corrected chi connectivity index (χ1v) is 9.30. The third-order valence-electron chi connectivity index (χ3n) is 5.21. The Hall–Kier alpha value is -3.35. The standard InChI is InChI=1S/C22H23N5O/c1-16-5-3-8-20(17(16)2)25-21(28)15-26-9-11-27(12-10-26)22-18(13-23)6-4-7-19(22)14-24/h3-8H,9-12,15H2,1-2H3,(H,25,28). The maximum Gasteiger partial charge on any atom is 0.238 e. The lowest BCUT2D eigenvalue weighted by Crippen LogP contribution is -2.49. The number of benzene rings is 2. The molecule has 28 heavy (non-hydrogen) atoms. The normalized spacial score (nSPS) is 14.2. The minimum Gasteiger partial charge on any atom is -0.367 e. The number of nitrogens with zero attached hydrogens (tertiary/aromatic N) is 4. The number of hydrogen-bond donors (Lipinski definition) is 1. The van der Waals surface area contributed by atoms with Crippen LogP contribution in [0.1, 0.15) is 22.3 Å². The molecule has 0 aromatic heterocycles. The number of carbonyl (C=O) groups excluding carboxylic acids is 1. The predicted octanol–water partition coefficient (Wildman–Crippen LogP) is 2.81. The summed E-state index contributed by atoms with van der Waals surface area (Å²) in [4.78, 5) is 16.6. The molecule has 2 aromatic rings. The van der Waals surface area contributed by atoms with Gasteiger partial charge in [-0.15, -0.1) is 0 Å². The summed E-state index contributed by atoms with van der Waals surface area (Å²) in [5.74, 6) is -0.0303. The van der Waals surface area contributed by atoms with E-state index in [2.05, 4.69) is 27.3 Å². The zero-order valence-electron chi connectivity index (χ0n) is 16.2. The largest absolute Gasteiger partial charge is 0.367 e.